The van der Waals surface area contributed by atoms with E-state index in [1.54, 1.807) is 4.90 Å². The van der Waals surface area contributed by atoms with Gasteiger partial charge < -0.3 is 10.6 Å². The van der Waals surface area contributed by atoms with Gasteiger partial charge in [-0.25, -0.2) is 0 Å². The Kier molecular flexibility index (Phi) is 8.90. The van der Waals surface area contributed by atoms with E-state index >= 15 is 0 Å². The van der Waals surface area contributed by atoms with Crippen LogP contribution in [0.15, 0.2) is 0 Å². The predicted octanol–water partition coefficient (Wildman–Crippen LogP) is 1.38. The monoisotopic (exact) mass is 210 g/mol. The number of hydrogen-bond acceptors (Lipinski definition) is 2. The molecule has 0 saturated heterocycles. The Balaban J connectivity index is 3.58. The van der Waals surface area contributed by atoms with Gasteiger partial charge >= 0.3 is 0 Å². The van der Waals surface area contributed by atoms with E-state index in [0.29, 0.717) is 19.5 Å². The van der Waals surface area contributed by atoms with Gasteiger partial charge in [0.15, 0.2) is 0 Å². The normalized spacial score (nSPS) is 9.67. The van der Waals surface area contributed by atoms with Crippen molar-refractivity contribution in [2.75, 3.05) is 19.6 Å². The third-order valence-electron chi connectivity index (χ3n) is 2.36. The minimum atomic E-state index is 0.170. The van der Waals surface area contributed by atoms with E-state index in [0.717, 1.165) is 32.2 Å². The van der Waals surface area contributed by atoms with Crippen LogP contribution in [-0.4, -0.2) is 30.4 Å². The summed E-state index contributed by atoms with van der Waals surface area (Å²) in [6.07, 6.45) is 9.98. The first kappa shape index (κ1) is 14.0. The topological polar surface area (TPSA) is 46.3 Å². The van der Waals surface area contributed by atoms with E-state index in [2.05, 4.69) is 5.92 Å². The minimum Gasteiger partial charge on any atom is -0.332 e. The van der Waals surface area contributed by atoms with Gasteiger partial charge in [0.2, 0.25) is 5.91 Å². The minimum absolute atomic E-state index is 0.170. The highest BCUT2D eigenvalue weighted by Crippen LogP contribution is 2.04. The van der Waals surface area contributed by atoms with E-state index < -0.39 is 0 Å². The highest BCUT2D eigenvalue weighted by molar-refractivity contribution is 5.76. The molecule has 0 radical (unpaired) electrons. The molecule has 0 aromatic rings. The first-order valence-corrected chi connectivity index (χ1v) is 5.67. The predicted molar refractivity (Wildman–Crippen MR) is 63.2 cm³/mol. The number of carbonyl (C=O) groups excluding carboxylic acids is 1. The summed E-state index contributed by atoms with van der Waals surface area (Å²) < 4.78 is 0. The first-order valence-electron chi connectivity index (χ1n) is 5.67. The number of nitrogens with two attached hydrogens (primary N) is 1. The summed E-state index contributed by atoms with van der Waals surface area (Å²) in [5.41, 5.74) is 5.38. The number of rotatable bonds is 8. The van der Waals surface area contributed by atoms with Crippen molar-refractivity contribution in [1.29, 1.82) is 0 Å². The van der Waals surface area contributed by atoms with Gasteiger partial charge in [-0.3, -0.25) is 4.79 Å². The van der Waals surface area contributed by atoms with Crippen LogP contribution in [0.4, 0.5) is 0 Å². The van der Waals surface area contributed by atoms with Crippen molar-refractivity contribution < 1.29 is 4.79 Å². The van der Waals surface area contributed by atoms with Gasteiger partial charge in [-0.1, -0.05) is 18.8 Å². The van der Waals surface area contributed by atoms with Crippen molar-refractivity contribution >= 4 is 5.91 Å². The number of hydrogen-bond donors (Lipinski definition) is 1. The quantitative estimate of drug-likeness (QED) is 0.486. The van der Waals surface area contributed by atoms with Crippen molar-refractivity contribution in [2.45, 2.75) is 39.0 Å². The molecular formula is C12H22N2O. The molecule has 2 N–H and O–H groups in total. The molecule has 1 amide bonds. The van der Waals surface area contributed by atoms with Crippen LogP contribution >= 0.6 is 0 Å². The molecule has 0 aromatic carbocycles. The Labute approximate surface area is 93.0 Å². The molecule has 0 saturated carbocycles. The fourth-order valence-corrected chi connectivity index (χ4v) is 1.42. The summed E-state index contributed by atoms with van der Waals surface area (Å²) in [6, 6.07) is 0. The van der Waals surface area contributed by atoms with E-state index in [-0.39, 0.29) is 5.91 Å². The third-order valence-corrected chi connectivity index (χ3v) is 2.36. The molecular weight excluding hydrogens is 188 g/mol. The molecule has 0 bridgehead atoms. The second-order valence-electron chi connectivity index (χ2n) is 3.56. The fourth-order valence-electron chi connectivity index (χ4n) is 1.42. The number of terminal acetylenes is 1. The van der Waals surface area contributed by atoms with Gasteiger partial charge in [0, 0.05) is 13.0 Å². The van der Waals surface area contributed by atoms with Gasteiger partial charge in [0.05, 0.1) is 6.54 Å². The summed E-state index contributed by atoms with van der Waals surface area (Å²) in [6.45, 7) is 3.82. The van der Waals surface area contributed by atoms with Crippen LogP contribution in [0.1, 0.15) is 39.0 Å². The SMILES string of the molecule is C#CCN(CC)C(=O)CCCCCCN. The molecule has 15 heavy (non-hydrogen) atoms. The largest absolute Gasteiger partial charge is 0.332 e. The highest BCUT2D eigenvalue weighted by atomic mass is 16.2. The van der Waals surface area contributed by atoms with Crippen molar-refractivity contribution in [3.8, 4) is 12.3 Å². The maximum Gasteiger partial charge on any atom is 0.223 e. The van der Waals surface area contributed by atoms with Crippen LogP contribution in [-0.2, 0) is 4.79 Å². The summed E-state index contributed by atoms with van der Waals surface area (Å²) in [5, 5.41) is 0. The lowest BCUT2D eigenvalue weighted by Gasteiger charge is -2.17. The maximum absolute atomic E-state index is 11.6. The Hall–Kier alpha value is -1.01. The lowest BCUT2D eigenvalue weighted by molar-refractivity contribution is -0.130. The summed E-state index contributed by atoms with van der Waals surface area (Å²) in [4.78, 5) is 13.3. The average molecular weight is 210 g/mol. The number of nitrogens with zero attached hydrogens (tertiary/aromatic N) is 1. The van der Waals surface area contributed by atoms with Crippen LogP contribution in [0, 0.1) is 12.3 Å². The average Bonchev–Trinajstić information content (AvgIpc) is 2.25. The lowest BCUT2D eigenvalue weighted by Crippen LogP contribution is -2.30. The third kappa shape index (κ3) is 6.98. The van der Waals surface area contributed by atoms with Crippen LogP contribution in [0.5, 0.6) is 0 Å². The zero-order valence-corrected chi connectivity index (χ0v) is 9.67. The Morgan fingerprint density at radius 2 is 2.00 bits per heavy atom. The van der Waals surface area contributed by atoms with E-state index in [1.165, 1.54) is 0 Å². The van der Waals surface area contributed by atoms with E-state index in [9.17, 15) is 4.79 Å². The number of carbonyl (C=O) groups is 1. The van der Waals surface area contributed by atoms with Gasteiger partial charge in [0.1, 0.15) is 0 Å². The molecule has 0 aromatic heterocycles. The molecule has 86 valence electrons. The molecule has 3 heteroatoms. The van der Waals surface area contributed by atoms with Crippen LogP contribution < -0.4 is 5.73 Å². The molecule has 0 unspecified atom stereocenters. The summed E-state index contributed by atoms with van der Waals surface area (Å²) in [5.74, 6) is 2.67. The molecule has 0 spiro atoms. The van der Waals surface area contributed by atoms with E-state index in [4.69, 9.17) is 12.2 Å². The Bertz CT molecular complexity index is 208. The Morgan fingerprint density at radius 1 is 1.33 bits per heavy atom. The van der Waals surface area contributed by atoms with E-state index in [1.807, 2.05) is 6.92 Å². The molecule has 0 aliphatic carbocycles. The fraction of sp³-hybridized carbons (Fsp3) is 0.750. The van der Waals surface area contributed by atoms with Gasteiger partial charge in [-0.05, 0) is 26.3 Å². The smallest absolute Gasteiger partial charge is 0.223 e. The number of unbranched alkanes of at least 4 members (excludes halogenated alkanes) is 3. The number of amides is 1. The second kappa shape index (κ2) is 9.54. The molecule has 3 nitrogen and oxygen atoms in total. The summed E-state index contributed by atoms with van der Waals surface area (Å²) >= 11 is 0. The van der Waals surface area contributed by atoms with Crippen LogP contribution in [0.25, 0.3) is 0 Å². The lowest BCUT2D eigenvalue weighted by atomic mass is 10.1. The molecule has 0 aliphatic rings. The van der Waals surface area contributed by atoms with Crippen molar-refractivity contribution in [2.24, 2.45) is 5.73 Å². The zero-order chi connectivity index (χ0) is 11.5. The second-order valence-corrected chi connectivity index (χ2v) is 3.56. The highest BCUT2D eigenvalue weighted by Gasteiger charge is 2.08. The molecule has 0 heterocycles. The molecule has 0 aliphatic heterocycles. The van der Waals surface area contributed by atoms with Gasteiger partial charge in [-0.2, -0.15) is 0 Å². The van der Waals surface area contributed by atoms with Gasteiger partial charge in [-0.15, -0.1) is 6.42 Å². The first-order chi connectivity index (χ1) is 7.26. The van der Waals surface area contributed by atoms with Crippen molar-refractivity contribution in [3.63, 3.8) is 0 Å². The standard InChI is InChI=1S/C12H22N2O/c1-3-11-14(4-2)12(15)9-7-5-6-8-10-13/h1H,4-11,13H2,2H3. The molecule has 0 rings (SSSR count). The van der Waals surface area contributed by atoms with Crippen molar-refractivity contribution in [1.82, 2.24) is 4.90 Å². The zero-order valence-electron chi connectivity index (χ0n) is 9.67. The van der Waals surface area contributed by atoms with Crippen molar-refractivity contribution in [3.05, 3.63) is 0 Å². The maximum atomic E-state index is 11.6. The molecule has 0 fully saturated rings. The Morgan fingerprint density at radius 3 is 2.53 bits per heavy atom. The molecule has 0 atom stereocenters. The van der Waals surface area contributed by atoms with Crippen LogP contribution in [0.2, 0.25) is 0 Å². The summed E-state index contributed by atoms with van der Waals surface area (Å²) in [7, 11) is 0. The van der Waals surface area contributed by atoms with Crippen LogP contribution in [0.3, 0.4) is 0 Å². The van der Waals surface area contributed by atoms with Gasteiger partial charge in [0.25, 0.3) is 0 Å².